The van der Waals surface area contributed by atoms with Gasteiger partial charge in [0.2, 0.25) is 11.6 Å². The highest BCUT2D eigenvalue weighted by atomic mass is 16.6. The van der Waals surface area contributed by atoms with E-state index in [1.807, 2.05) is 0 Å². The van der Waals surface area contributed by atoms with Crippen molar-refractivity contribution >= 4 is 17.5 Å². The number of quaternary nitrogens is 1. The molecule has 1 atom stereocenters. The molecule has 3 aliphatic heterocycles. The summed E-state index contributed by atoms with van der Waals surface area (Å²) >= 11 is 0. The van der Waals surface area contributed by atoms with Crippen LogP contribution < -0.4 is 16.0 Å². The topological polar surface area (TPSA) is 108 Å². The molecule has 3 fully saturated rings. The highest BCUT2D eigenvalue weighted by Gasteiger charge is 2.38. The molecular weight excluding hydrogens is 250 g/mol. The zero-order valence-corrected chi connectivity index (χ0v) is 10.6. The van der Waals surface area contributed by atoms with Gasteiger partial charge in [-0.1, -0.05) is 0 Å². The molecule has 0 unspecified atom stereocenters. The van der Waals surface area contributed by atoms with Crippen LogP contribution in [0.5, 0.6) is 0 Å². The second kappa shape index (κ2) is 5.14. The molecule has 4 rings (SSSR count). The molecule has 1 aromatic heterocycles. The lowest BCUT2D eigenvalue weighted by Crippen LogP contribution is -3.16. The smallest absolute Gasteiger partial charge is 0.251 e. The van der Waals surface area contributed by atoms with Gasteiger partial charge in [-0.25, -0.2) is 4.63 Å². The van der Waals surface area contributed by atoms with Gasteiger partial charge in [-0.3, -0.25) is 4.79 Å². The Morgan fingerprint density at radius 2 is 2.26 bits per heavy atom. The van der Waals surface area contributed by atoms with Crippen LogP contribution in [0.15, 0.2) is 4.63 Å². The monoisotopic (exact) mass is 268 g/mol. The minimum absolute atomic E-state index is 0.0146. The summed E-state index contributed by atoms with van der Waals surface area (Å²) in [4.78, 5) is 13.3. The molecule has 1 aromatic rings. The summed E-state index contributed by atoms with van der Waals surface area (Å²) in [7, 11) is 0. The number of carbonyl (C=O) groups is 1. The van der Waals surface area contributed by atoms with E-state index in [2.05, 4.69) is 20.3 Å². The van der Waals surface area contributed by atoms with Gasteiger partial charge in [0.25, 0.3) is 5.91 Å². The second-order valence-corrected chi connectivity index (χ2v) is 5.19. The minimum atomic E-state index is -0.283. The first-order valence-corrected chi connectivity index (χ1v) is 6.55. The average molecular weight is 268 g/mol. The Kier molecular flexibility index (Phi) is 3.34. The molecule has 4 N–H and O–H groups in total. The van der Waals surface area contributed by atoms with Crippen LogP contribution >= 0.6 is 0 Å². The van der Waals surface area contributed by atoms with Crippen molar-refractivity contribution in [1.82, 2.24) is 10.3 Å². The molecule has 0 saturated carbocycles. The summed E-state index contributed by atoms with van der Waals surface area (Å²) in [5, 5.41) is 9.38. The average Bonchev–Trinajstić information content (AvgIpc) is 2.83. The number of nitrogens with one attached hydrogen (secondary N) is 2. The number of nitrogens with zero attached hydrogens (tertiary/aromatic N) is 2. The Labute approximate surface area is 110 Å². The first-order chi connectivity index (χ1) is 9.22. The Morgan fingerprint density at radius 1 is 1.47 bits per heavy atom. The quantitative estimate of drug-likeness (QED) is 0.600. The number of anilines is 2. The summed E-state index contributed by atoms with van der Waals surface area (Å²) in [5.41, 5.74) is 5.45. The Bertz CT molecular complexity index is 455. The third kappa shape index (κ3) is 2.69. The number of ether oxygens (including phenoxy) is 1. The number of piperidine rings is 3. The van der Waals surface area contributed by atoms with Crippen LogP contribution in [0.4, 0.5) is 11.6 Å². The van der Waals surface area contributed by atoms with Crippen molar-refractivity contribution in [2.45, 2.75) is 18.9 Å². The van der Waals surface area contributed by atoms with E-state index >= 15 is 0 Å². The minimum Gasteiger partial charge on any atom is -0.378 e. The number of aromatic nitrogens is 2. The molecule has 0 aromatic carbocycles. The van der Waals surface area contributed by atoms with Crippen LogP contribution in [0.25, 0.3) is 0 Å². The summed E-state index contributed by atoms with van der Waals surface area (Å²) in [5.74, 6) is 0.534. The third-order valence-electron chi connectivity index (χ3n) is 3.95. The van der Waals surface area contributed by atoms with Crippen LogP contribution in [0.2, 0.25) is 0 Å². The van der Waals surface area contributed by atoms with E-state index in [1.165, 1.54) is 25.9 Å². The van der Waals surface area contributed by atoms with E-state index in [9.17, 15) is 4.79 Å². The van der Waals surface area contributed by atoms with Crippen molar-refractivity contribution in [2.75, 3.05) is 37.3 Å². The molecule has 19 heavy (non-hydrogen) atoms. The zero-order chi connectivity index (χ0) is 13.2. The fourth-order valence-corrected chi connectivity index (χ4v) is 2.90. The van der Waals surface area contributed by atoms with Crippen molar-refractivity contribution in [3.8, 4) is 0 Å². The normalized spacial score (nSPS) is 29.4. The van der Waals surface area contributed by atoms with Crippen molar-refractivity contribution < 1.29 is 19.1 Å². The standard InChI is InChI=1S/C11H17N5O3/c12-10-11(15-19-14-10)13-9(17)6-18-8-5-16-3-1-7(8)2-4-16/h7-8H,1-6H2,(H2,12,14)(H,13,15,17)/p+1/t8-/m1/s1. The maximum Gasteiger partial charge on any atom is 0.251 e. The second-order valence-electron chi connectivity index (χ2n) is 5.19. The van der Waals surface area contributed by atoms with Crippen LogP contribution in [0.3, 0.4) is 0 Å². The molecule has 0 aliphatic carbocycles. The van der Waals surface area contributed by atoms with Gasteiger partial charge in [0, 0.05) is 18.8 Å². The molecule has 8 nitrogen and oxygen atoms in total. The Balaban J connectivity index is 1.47. The maximum atomic E-state index is 11.7. The number of hydrogen-bond donors (Lipinski definition) is 3. The molecule has 1 amide bonds. The van der Waals surface area contributed by atoms with Gasteiger partial charge < -0.3 is 20.7 Å². The van der Waals surface area contributed by atoms with E-state index in [-0.39, 0.29) is 30.3 Å². The molecule has 8 heteroatoms. The van der Waals surface area contributed by atoms with E-state index in [4.69, 9.17) is 10.5 Å². The Hall–Kier alpha value is -1.67. The molecular formula is C11H18N5O3+. The van der Waals surface area contributed by atoms with E-state index in [1.54, 1.807) is 4.90 Å². The predicted molar refractivity (Wildman–Crippen MR) is 65.4 cm³/mol. The SMILES string of the molecule is Nc1nonc1NC(=O)CO[C@@H]1C[NH+]2CCC1CC2. The van der Waals surface area contributed by atoms with Crippen LogP contribution in [0.1, 0.15) is 12.8 Å². The van der Waals surface area contributed by atoms with E-state index in [0.717, 1.165) is 6.54 Å². The van der Waals surface area contributed by atoms with E-state index in [0.29, 0.717) is 5.92 Å². The van der Waals surface area contributed by atoms with Gasteiger partial charge in [-0.15, -0.1) is 0 Å². The lowest BCUT2D eigenvalue weighted by atomic mass is 9.86. The molecule has 2 bridgehead atoms. The van der Waals surface area contributed by atoms with Gasteiger partial charge in [-0.05, 0) is 10.3 Å². The van der Waals surface area contributed by atoms with Gasteiger partial charge in [0.05, 0.1) is 13.1 Å². The van der Waals surface area contributed by atoms with Crippen molar-refractivity contribution in [3.63, 3.8) is 0 Å². The number of rotatable bonds is 4. The summed E-state index contributed by atoms with van der Waals surface area (Å²) in [6.45, 7) is 3.49. The molecule has 3 saturated heterocycles. The fraction of sp³-hybridized carbons (Fsp3) is 0.727. The van der Waals surface area contributed by atoms with Gasteiger partial charge >= 0.3 is 0 Å². The van der Waals surface area contributed by atoms with Crippen molar-refractivity contribution in [3.05, 3.63) is 0 Å². The third-order valence-corrected chi connectivity index (χ3v) is 3.95. The lowest BCUT2D eigenvalue weighted by Gasteiger charge is -2.41. The summed E-state index contributed by atoms with van der Waals surface area (Å²) in [6.07, 6.45) is 2.58. The molecule has 0 spiro atoms. The van der Waals surface area contributed by atoms with Gasteiger partial charge in [0.1, 0.15) is 19.3 Å². The predicted octanol–water partition coefficient (Wildman–Crippen LogP) is -1.72. The highest BCUT2D eigenvalue weighted by Crippen LogP contribution is 2.20. The van der Waals surface area contributed by atoms with Crippen molar-refractivity contribution in [1.29, 1.82) is 0 Å². The van der Waals surface area contributed by atoms with Crippen LogP contribution in [-0.4, -0.2) is 48.6 Å². The number of carbonyl (C=O) groups excluding carboxylic acids is 1. The number of fused-ring (bicyclic) bond motifs is 3. The first-order valence-electron chi connectivity index (χ1n) is 6.55. The van der Waals surface area contributed by atoms with Gasteiger partial charge in [-0.2, -0.15) is 0 Å². The van der Waals surface area contributed by atoms with Crippen LogP contribution in [0, 0.1) is 5.92 Å². The largest absolute Gasteiger partial charge is 0.378 e. The van der Waals surface area contributed by atoms with Gasteiger partial charge in [0.15, 0.2) is 0 Å². The maximum absolute atomic E-state index is 11.7. The van der Waals surface area contributed by atoms with Crippen LogP contribution in [-0.2, 0) is 9.53 Å². The first kappa shape index (κ1) is 12.4. The molecule has 104 valence electrons. The number of nitrogens with two attached hydrogens (primary N) is 1. The summed E-state index contributed by atoms with van der Waals surface area (Å²) < 4.78 is 10.1. The molecule has 4 heterocycles. The molecule has 3 aliphatic rings. The number of amides is 1. The van der Waals surface area contributed by atoms with E-state index < -0.39 is 0 Å². The number of nitrogen functional groups attached to an aromatic ring is 1. The summed E-state index contributed by atoms with van der Waals surface area (Å²) in [6, 6.07) is 0. The molecule has 0 radical (unpaired) electrons. The van der Waals surface area contributed by atoms with Crippen molar-refractivity contribution in [2.24, 2.45) is 5.92 Å². The zero-order valence-electron chi connectivity index (χ0n) is 10.6. The Morgan fingerprint density at radius 3 is 2.84 bits per heavy atom. The lowest BCUT2D eigenvalue weighted by molar-refractivity contribution is -0.920. The highest BCUT2D eigenvalue weighted by molar-refractivity contribution is 5.92. The fourth-order valence-electron chi connectivity index (χ4n) is 2.90. The number of hydrogen-bond acceptors (Lipinski definition) is 6.